The topological polar surface area (TPSA) is 167 Å². The van der Waals surface area contributed by atoms with E-state index in [2.05, 4.69) is 5.32 Å². The number of hydrogen-bond acceptors (Lipinski definition) is 12. The molecule has 0 bridgehead atoms. The lowest BCUT2D eigenvalue weighted by atomic mass is 9.95. The van der Waals surface area contributed by atoms with Gasteiger partial charge in [-0.05, 0) is 62.7 Å². The summed E-state index contributed by atoms with van der Waals surface area (Å²) in [7, 11) is 3.33. The number of halogens is 2. The molecule has 3 aromatic carbocycles. The van der Waals surface area contributed by atoms with Crippen LogP contribution < -0.4 is 20.5 Å². The summed E-state index contributed by atoms with van der Waals surface area (Å²) in [5.41, 5.74) is 9.56. The molecule has 0 radical (unpaired) electrons. The first-order chi connectivity index (χ1) is 29.4. The number of methoxy groups -OCH3 is 1. The molecule has 1 aliphatic heterocycles. The minimum Gasteiger partial charge on any atom is -0.496 e. The molecular weight excluding hydrogens is 829 g/mol. The number of carbonyl (C=O) groups excluding carboxylic acids is 2. The average Bonchev–Trinajstić information content (AvgIpc) is 3.64. The van der Waals surface area contributed by atoms with Crippen molar-refractivity contribution < 1.29 is 47.5 Å². The predicted molar refractivity (Wildman–Crippen MR) is 233 cm³/mol. The molecule has 3 N–H and O–H groups in total. The van der Waals surface area contributed by atoms with Crippen LogP contribution in [-0.4, -0.2) is 139 Å². The number of hydrogen-bond donors (Lipinski definition) is 2. The van der Waals surface area contributed by atoms with E-state index in [4.69, 9.17) is 71.9 Å². The standard InChI is InChI=1S/C44H57Cl2N5O10/c1-44(2,3)50(4)43(53)40-37-29-61-39-28-38(54-5)35(27-36(39)41(37)51(49-40)34-25-32(45)24-33(46)26-34)30-7-6-8-31(23-30)42(52)48-10-12-56-14-16-58-18-20-60-22-21-59-19-17-57-15-13-55-11-9-47/h6-8,23-28H,9-22,29,47H2,1-5H3,(H,48,52). The van der Waals surface area contributed by atoms with Gasteiger partial charge in [-0.15, -0.1) is 0 Å². The van der Waals surface area contributed by atoms with Crippen LogP contribution in [0.3, 0.4) is 0 Å². The predicted octanol–water partition coefficient (Wildman–Crippen LogP) is 6.07. The van der Waals surface area contributed by atoms with E-state index in [9.17, 15) is 9.59 Å². The van der Waals surface area contributed by atoms with Crippen LogP contribution >= 0.6 is 23.2 Å². The zero-order valence-corrected chi connectivity index (χ0v) is 37.1. The van der Waals surface area contributed by atoms with E-state index in [-0.39, 0.29) is 24.1 Å². The van der Waals surface area contributed by atoms with E-state index >= 15 is 0 Å². The molecular formula is C44H57Cl2N5O10. The second-order valence-electron chi connectivity index (χ2n) is 14.9. The maximum Gasteiger partial charge on any atom is 0.274 e. The number of nitrogens with one attached hydrogen (secondary N) is 1. The first-order valence-corrected chi connectivity index (χ1v) is 21.0. The number of nitrogens with two attached hydrogens (primary N) is 1. The molecule has 0 fully saturated rings. The van der Waals surface area contributed by atoms with E-state index < -0.39 is 5.54 Å². The maximum atomic E-state index is 14.0. The van der Waals surface area contributed by atoms with E-state index in [1.807, 2.05) is 39.0 Å². The Balaban J connectivity index is 1.15. The lowest BCUT2D eigenvalue weighted by Gasteiger charge is -2.31. The fraction of sp³-hybridized carbons (Fsp3) is 0.477. The summed E-state index contributed by atoms with van der Waals surface area (Å²) >= 11 is 12.9. The molecule has 1 aliphatic rings. The summed E-state index contributed by atoms with van der Waals surface area (Å²) in [5.74, 6) is 0.565. The highest BCUT2D eigenvalue weighted by molar-refractivity contribution is 6.34. The SMILES string of the molecule is COc1cc2c(cc1-c1cccc(C(=O)NCCOCCOCCOCCOCCOCCOCCN)c1)-c1c(c(C(=O)N(C)C(C)(C)C)nn1-c1cc(Cl)cc(Cl)c1)CO2. The number of carbonyl (C=O) groups is 2. The van der Waals surface area contributed by atoms with E-state index in [0.717, 1.165) is 5.56 Å². The van der Waals surface area contributed by atoms with E-state index in [1.165, 1.54) is 0 Å². The molecule has 332 valence electrons. The zero-order valence-electron chi connectivity index (χ0n) is 35.6. The second-order valence-corrected chi connectivity index (χ2v) is 15.8. The van der Waals surface area contributed by atoms with Gasteiger partial charge in [-0.2, -0.15) is 5.10 Å². The molecule has 2 amide bonds. The van der Waals surface area contributed by atoms with Crippen LogP contribution in [0.2, 0.25) is 10.0 Å². The lowest BCUT2D eigenvalue weighted by molar-refractivity contribution is -0.0162. The number of aromatic nitrogens is 2. The van der Waals surface area contributed by atoms with Crippen molar-refractivity contribution in [1.29, 1.82) is 0 Å². The molecule has 61 heavy (non-hydrogen) atoms. The molecule has 5 rings (SSSR count). The van der Waals surface area contributed by atoms with Crippen LogP contribution in [0.5, 0.6) is 11.5 Å². The molecule has 1 aromatic heterocycles. The highest BCUT2D eigenvalue weighted by atomic mass is 35.5. The van der Waals surface area contributed by atoms with Gasteiger partial charge >= 0.3 is 0 Å². The number of ether oxygens (including phenoxy) is 8. The van der Waals surface area contributed by atoms with Crippen molar-refractivity contribution in [2.45, 2.75) is 32.9 Å². The van der Waals surface area contributed by atoms with Crippen LogP contribution in [0.1, 0.15) is 47.2 Å². The van der Waals surface area contributed by atoms with Crippen molar-refractivity contribution in [2.24, 2.45) is 5.73 Å². The quantitative estimate of drug-likeness (QED) is 0.0739. The average molecular weight is 887 g/mol. The maximum absolute atomic E-state index is 14.0. The zero-order chi connectivity index (χ0) is 43.8. The van der Waals surface area contributed by atoms with Gasteiger partial charge in [0.25, 0.3) is 11.8 Å². The molecule has 0 spiro atoms. The molecule has 0 saturated carbocycles. The number of fused-ring (bicyclic) bond motifs is 3. The minimum absolute atomic E-state index is 0.0991. The van der Waals surface area contributed by atoms with Crippen molar-refractivity contribution in [3.63, 3.8) is 0 Å². The molecule has 15 nitrogen and oxygen atoms in total. The Morgan fingerprint density at radius 1 is 0.803 bits per heavy atom. The van der Waals surface area contributed by atoms with Crippen molar-refractivity contribution in [3.8, 4) is 39.6 Å². The Morgan fingerprint density at radius 2 is 1.38 bits per heavy atom. The van der Waals surface area contributed by atoms with Gasteiger partial charge in [-0.25, -0.2) is 4.68 Å². The van der Waals surface area contributed by atoms with Crippen LogP contribution in [0, 0.1) is 0 Å². The van der Waals surface area contributed by atoms with Crippen LogP contribution in [0.25, 0.3) is 28.1 Å². The van der Waals surface area contributed by atoms with Crippen molar-refractivity contribution in [2.75, 3.05) is 107 Å². The Hall–Kier alpha value is -4.29. The first-order valence-electron chi connectivity index (χ1n) is 20.2. The van der Waals surface area contributed by atoms with Gasteiger partial charge in [-0.3, -0.25) is 9.59 Å². The van der Waals surface area contributed by atoms with E-state index in [1.54, 1.807) is 60.1 Å². The third kappa shape index (κ3) is 13.6. The smallest absolute Gasteiger partial charge is 0.274 e. The van der Waals surface area contributed by atoms with Gasteiger partial charge < -0.3 is 53.8 Å². The van der Waals surface area contributed by atoms with Gasteiger partial charge in [0.15, 0.2) is 5.69 Å². The van der Waals surface area contributed by atoms with Crippen LogP contribution in [0.15, 0.2) is 54.6 Å². The summed E-state index contributed by atoms with van der Waals surface area (Å²) in [6.45, 7) is 12.2. The Kier molecular flexibility index (Phi) is 18.6. The molecule has 4 aromatic rings. The normalized spacial score (nSPS) is 12.1. The summed E-state index contributed by atoms with van der Waals surface area (Å²) in [4.78, 5) is 28.9. The molecule has 17 heteroatoms. The number of rotatable bonds is 25. The monoisotopic (exact) mass is 885 g/mol. The third-order valence-electron chi connectivity index (χ3n) is 9.61. The summed E-state index contributed by atoms with van der Waals surface area (Å²) < 4.78 is 46.6. The largest absolute Gasteiger partial charge is 0.496 e. The van der Waals surface area contributed by atoms with Crippen LogP contribution in [-0.2, 0) is 35.0 Å². The summed E-state index contributed by atoms with van der Waals surface area (Å²) in [6, 6.07) is 16.1. The summed E-state index contributed by atoms with van der Waals surface area (Å²) in [5, 5.41) is 8.61. The Morgan fingerprint density at radius 3 is 1.93 bits per heavy atom. The third-order valence-corrected chi connectivity index (χ3v) is 10.0. The fourth-order valence-corrected chi connectivity index (χ4v) is 6.72. The highest BCUT2D eigenvalue weighted by Gasteiger charge is 2.35. The Labute approximate surface area is 367 Å². The van der Waals surface area contributed by atoms with E-state index in [0.29, 0.717) is 148 Å². The number of benzene rings is 3. The fourth-order valence-electron chi connectivity index (χ4n) is 6.21. The highest BCUT2D eigenvalue weighted by Crippen LogP contribution is 2.46. The van der Waals surface area contributed by atoms with Gasteiger partial charge in [0.1, 0.15) is 18.1 Å². The van der Waals surface area contributed by atoms with Gasteiger partial charge in [0.05, 0.1) is 97.8 Å². The molecule has 0 saturated heterocycles. The van der Waals surface area contributed by atoms with Crippen molar-refractivity contribution >= 4 is 35.0 Å². The molecule has 0 atom stereocenters. The van der Waals surface area contributed by atoms with Gasteiger partial charge in [0.2, 0.25) is 0 Å². The molecule has 0 unspecified atom stereocenters. The van der Waals surface area contributed by atoms with Gasteiger partial charge in [0, 0.05) is 64.0 Å². The second kappa shape index (κ2) is 23.8. The van der Waals surface area contributed by atoms with Crippen molar-refractivity contribution in [3.05, 3.63) is 81.5 Å². The van der Waals surface area contributed by atoms with Crippen LogP contribution in [0.4, 0.5) is 0 Å². The Bertz CT molecular complexity index is 2040. The lowest BCUT2D eigenvalue weighted by Crippen LogP contribution is -2.43. The summed E-state index contributed by atoms with van der Waals surface area (Å²) in [6.07, 6.45) is 0. The first kappa shape index (κ1) is 47.8. The molecule has 0 aliphatic carbocycles. The number of nitrogens with zero attached hydrogens (tertiary/aromatic N) is 3. The minimum atomic E-state index is -0.466. The molecule has 2 heterocycles. The van der Waals surface area contributed by atoms with Crippen molar-refractivity contribution in [1.82, 2.24) is 20.0 Å². The number of amides is 2. The van der Waals surface area contributed by atoms with Gasteiger partial charge in [-0.1, -0.05) is 35.3 Å².